The van der Waals surface area contributed by atoms with Crippen molar-refractivity contribution in [3.63, 3.8) is 0 Å². The molecule has 4 heteroatoms. The summed E-state index contributed by atoms with van der Waals surface area (Å²) >= 11 is 0. The Balaban J connectivity index is 1.82. The van der Waals surface area contributed by atoms with Crippen LogP contribution >= 0.6 is 0 Å². The van der Waals surface area contributed by atoms with Gasteiger partial charge in [-0.05, 0) is 30.7 Å². The minimum atomic E-state index is -0.333. The van der Waals surface area contributed by atoms with Gasteiger partial charge in [-0.15, -0.1) is 0 Å². The van der Waals surface area contributed by atoms with Crippen molar-refractivity contribution in [3.8, 4) is 0 Å². The molecule has 1 aliphatic heterocycles. The molecule has 1 aromatic rings. The average Bonchev–Trinajstić information content (AvgIpc) is 2.38. The summed E-state index contributed by atoms with van der Waals surface area (Å²) in [6.45, 7) is 1.38. The predicted molar refractivity (Wildman–Crippen MR) is 60.3 cm³/mol. The molecular formula is C13H15FO3. The molecule has 1 aliphatic rings. The van der Waals surface area contributed by atoms with E-state index >= 15 is 0 Å². The normalized spacial score (nSPS) is 17.0. The summed E-state index contributed by atoms with van der Waals surface area (Å²) in [6, 6.07) is 5.59. The quantitative estimate of drug-likeness (QED) is 0.756. The average molecular weight is 238 g/mol. The molecule has 1 heterocycles. The lowest BCUT2D eigenvalue weighted by Gasteiger charge is -2.22. The van der Waals surface area contributed by atoms with E-state index in [4.69, 9.17) is 9.47 Å². The van der Waals surface area contributed by atoms with E-state index in [9.17, 15) is 9.18 Å². The molecule has 17 heavy (non-hydrogen) atoms. The van der Waals surface area contributed by atoms with E-state index in [2.05, 4.69) is 0 Å². The van der Waals surface area contributed by atoms with E-state index in [0.29, 0.717) is 31.6 Å². The van der Waals surface area contributed by atoms with Crippen LogP contribution in [0.4, 0.5) is 4.39 Å². The van der Waals surface area contributed by atoms with Crippen LogP contribution in [0.3, 0.4) is 0 Å². The van der Waals surface area contributed by atoms with Crippen LogP contribution in [0.2, 0.25) is 0 Å². The van der Waals surface area contributed by atoms with Crippen LogP contribution in [0, 0.1) is 5.82 Å². The number of hydrogen-bond donors (Lipinski definition) is 0. The molecule has 0 saturated carbocycles. The summed E-state index contributed by atoms with van der Waals surface area (Å²) < 4.78 is 23.4. The van der Waals surface area contributed by atoms with Gasteiger partial charge in [0.05, 0.1) is 13.2 Å². The van der Waals surface area contributed by atoms with Crippen LogP contribution in [0.15, 0.2) is 24.3 Å². The molecule has 1 saturated heterocycles. The van der Waals surface area contributed by atoms with Crippen molar-refractivity contribution in [1.82, 2.24) is 0 Å². The summed E-state index contributed by atoms with van der Waals surface area (Å²) in [5.41, 5.74) is 0.530. The van der Waals surface area contributed by atoms with Crippen molar-refractivity contribution >= 4 is 5.78 Å². The summed E-state index contributed by atoms with van der Waals surface area (Å²) in [4.78, 5) is 11.8. The molecule has 0 radical (unpaired) electrons. The molecule has 0 unspecified atom stereocenters. The lowest BCUT2D eigenvalue weighted by Crippen LogP contribution is -2.25. The molecule has 1 fully saturated rings. The number of carbonyl (C=O) groups is 1. The molecular weight excluding hydrogens is 223 g/mol. The van der Waals surface area contributed by atoms with Gasteiger partial charge in [0.1, 0.15) is 5.82 Å². The number of ether oxygens (including phenoxy) is 2. The number of Topliss-reactive ketones (excluding diaryl/α,β-unsaturated/α-hetero) is 1. The van der Waals surface area contributed by atoms with E-state index in [0.717, 1.165) is 6.42 Å². The summed E-state index contributed by atoms with van der Waals surface area (Å²) in [7, 11) is 0. The number of halogens is 1. The van der Waals surface area contributed by atoms with E-state index in [1.165, 1.54) is 24.3 Å². The van der Waals surface area contributed by atoms with Gasteiger partial charge in [-0.3, -0.25) is 4.79 Å². The monoisotopic (exact) mass is 238 g/mol. The third kappa shape index (κ3) is 3.61. The fraction of sp³-hybridized carbons (Fsp3) is 0.462. The first-order valence-electron chi connectivity index (χ1n) is 5.78. The van der Waals surface area contributed by atoms with Crippen LogP contribution in [0.25, 0.3) is 0 Å². The van der Waals surface area contributed by atoms with E-state index in [1.807, 2.05) is 0 Å². The third-order valence-electron chi connectivity index (χ3n) is 2.67. The largest absolute Gasteiger partial charge is 0.353 e. The first kappa shape index (κ1) is 12.2. The van der Waals surface area contributed by atoms with Crippen molar-refractivity contribution in [2.45, 2.75) is 25.6 Å². The van der Waals surface area contributed by atoms with Crippen molar-refractivity contribution < 1.29 is 18.7 Å². The fourth-order valence-electron chi connectivity index (χ4n) is 1.73. The standard InChI is InChI=1S/C13H15FO3/c14-11-4-2-10(3-5-11)12(15)6-7-13-16-8-1-9-17-13/h2-5,13H,1,6-9H2. The Hall–Kier alpha value is -1.26. The Labute approximate surface area is 99.5 Å². The Morgan fingerprint density at radius 3 is 2.53 bits per heavy atom. The van der Waals surface area contributed by atoms with Crippen LogP contribution in [0.5, 0.6) is 0 Å². The van der Waals surface area contributed by atoms with Gasteiger partial charge in [0.2, 0.25) is 0 Å². The molecule has 0 N–H and O–H groups in total. The highest BCUT2D eigenvalue weighted by Gasteiger charge is 2.16. The smallest absolute Gasteiger partial charge is 0.163 e. The molecule has 0 atom stereocenters. The maximum Gasteiger partial charge on any atom is 0.163 e. The van der Waals surface area contributed by atoms with Crippen LogP contribution in [-0.2, 0) is 9.47 Å². The van der Waals surface area contributed by atoms with Crippen LogP contribution in [-0.4, -0.2) is 25.3 Å². The van der Waals surface area contributed by atoms with Crippen LogP contribution in [0.1, 0.15) is 29.6 Å². The predicted octanol–water partition coefficient (Wildman–Crippen LogP) is 2.55. The zero-order chi connectivity index (χ0) is 12.1. The highest BCUT2D eigenvalue weighted by atomic mass is 19.1. The van der Waals surface area contributed by atoms with E-state index in [-0.39, 0.29) is 17.9 Å². The number of ketones is 1. The number of benzene rings is 1. The van der Waals surface area contributed by atoms with E-state index < -0.39 is 0 Å². The summed E-state index contributed by atoms with van der Waals surface area (Å²) in [6.07, 6.45) is 1.54. The SMILES string of the molecule is O=C(CCC1OCCCO1)c1ccc(F)cc1. The Morgan fingerprint density at radius 2 is 1.88 bits per heavy atom. The van der Waals surface area contributed by atoms with Gasteiger partial charge in [-0.1, -0.05) is 0 Å². The van der Waals surface area contributed by atoms with Crippen molar-refractivity contribution in [2.24, 2.45) is 0 Å². The van der Waals surface area contributed by atoms with Crippen LogP contribution < -0.4 is 0 Å². The molecule has 2 rings (SSSR count). The van der Waals surface area contributed by atoms with Gasteiger partial charge in [0.15, 0.2) is 12.1 Å². The van der Waals surface area contributed by atoms with Crippen molar-refractivity contribution in [3.05, 3.63) is 35.6 Å². The first-order chi connectivity index (χ1) is 8.25. The van der Waals surface area contributed by atoms with Gasteiger partial charge in [0.25, 0.3) is 0 Å². The lowest BCUT2D eigenvalue weighted by atomic mass is 10.1. The van der Waals surface area contributed by atoms with Gasteiger partial charge < -0.3 is 9.47 Å². The molecule has 0 amide bonds. The van der Waals surface area contributed by atoms with Gasteiger partial charge in [-0.2, -0.15) is 0 Å². The number of rotatable bonds is 4. The second-order valence-electron chi connectivity index (χ2n) is 3.99. The minimum Gasteiger partial charge on any atom is -0.353 e. The molecule has 1 aromatic carbocycles. The van der Waals surface area contributed by atoms with Crippen molar-refractivity contribution in [2.75, 3.05) is 13.2 Å². The number of carbonyl (C=O) groups excluding carboxylic acids is 1. The minimum absolute atomic E-state index is 0.0113. The fourth-order valence-corrected chi connectivity index (χ4v) is 1.73. The van der Waals surface area contributed by atoms with E-state index in [1.54, 1.807) is 0 Å². The molecule has 3 nitrogen and oxygen atoms in total. The maximum absolute atomic E-state index is 12.7. The van der Waals surface area contributed by atoms with Gasteiger partial charge in [0, 0.05) is 18.4 Å². The Morgan fingerprint density at radius 1 is 1.24 bits per heavy atom. The lowest BCUT2D eigenvalue weighted by molar-refractivity contribution is -0.180. The highest BCUT2D eigenvalue weighted by Crippen LogP contribution is 2.13. The van der Waals surface area contributed by atoms with Gasteiger partial charge in [-0.25, -0.2) is 4.39 Å². The van der Waals surface area contributed by atoms with Crippen molar-refractivity contribution in [1.29, 1.82) is 0 Å². The highest BCUT2D eigenvalue weighted by molar-refractivity contribution is 5.95. The summed E-state index contributed by atoms with van der Waals surface area (Å²) in [5.74, 6) is -0.344. The van der Waals surface area contributed by atoms with Gasteiger partial charge >= 0.3 is 0 Å². The number of hydrogen-bond acceptors (Lipinski definition) is 3. The third-order valence-corrected chi connectivity index (χ3v) is 2.67. The zero-order valence-corrected chi connectivity index (χ0v) is 9.52. The molecule has 0 aliphatic carbocycles. The molecule has 0 bridgehead atoms. The second kappa shape index (κ2) is 5.89. The Bertz CT molecular complexity index is 369. The molecule has 92 valence electrons. The zero-order valence-electron chi connectivity index (χ0n) is 9.52. The second-order valence-corrected chi connectivity index (χ2v) is 3.99. The first-order valence-corrected chi connectivity index (χ1v) is 5.78. The summed E-state index contributed by atoms with van der Waals surface area (Å²) in [5, 5.41) is 0. The molecule has 0 aromatic heterocycles. The molecule has 0 spiro atoms. The topological polar surface area (TPSA) is 35.5 Å². The Kier molecular flexibility index (Phi) is 4.23. The maximum atomic E-state index is 12.7.